The van der Waals surface area contributed by atoms with Crippen molar-refractivity contribution >= 4 is 5.91 Å². The summed E-state index contributed by atoms with van der Waals surface area (Å²) in [5, 5.41) is 0. The van der Waals surface area contributed by atoms with Gasteiger partial charge in [-0.15, -0.1) is 0 Å². The molecule has 3 rings (SSSR count). The van der Waals surface area contributed by atoms with Crippen LogP contribution in [0.2, 0.25) is 0 Å². The van der Waals surface area contributed by atoms with E-state index in [4.69, 9.17) is 4.74 Å². The lowest BCUT2D eigenvalue weighted by atomic mass is 10.1. The molecule has 0 saturated carbocycles. The zero-order valence-electron chi connectivity index (χ0n) is 11.2. The first-order chi connectivity index (χ1) is 9.76. The van der Waals surface area contributed by atoms with E-state index in [1.54, 1.807) is 13.3 Å². The van der Waals surface area contributed by atoms with Gasteiger partial charge in [0, 0.05) is 18.3 Å². The number of methoxy groups -OCH3 is 1. The summed E-state index contributed by atoms with van der Waals surface area (Å²) in [6, 6.07) is 7.57. The Bertz CT molecular complexity index is 600. The van der Waals surface area contributed by atoms with Gasteiger partial charge in [0.25, 0.3) is 0 Å². The summed E-state index contributed by atoms with van der Waals surface area (Å²) in [6.45, 7) is 1.18. The highest BCUT2D eigenvalue weighted by molar-refractivity contribution is 5.79. The van der Waals surface area contributed by atoms with Crippen LogP contribution in [0.15, 0.2) is 36.8 Å². The zero-order chi connectivity index (χ0) is 13.9. The van der Waals surface area contributed by atoms with Crippen molar-refractivity contribution < 1.29 is 9.53 Å². The molecule has 1 amide bonds. The number of amides is 1. The largest absolute Gasteiger partial charge is 0.497 e. The molecular weight excluding hydrogens is 254 g/mol. The third-order valence-corrected chi connectivity index (χ3v) is 3.45. The van der Waals surface area contributed by atoms with Crippen LogP contribution in [-0.4, -0.2) is 27.9 Å². The average molecular weight is 269 g/mol. The summed E-state index contributed by atoms with van der Waals surface area (Å²) in [7, 11) is 1.63. The SMILES string of the molecule is COc1ccc(CC(=O)N2Cc3cncnc3C2)cc1. The maximum absolute atomic E-state index is 12.3. The van der Waals surface area contributed by atoms with Crippen LogP contribution in [-0.2, 0) is 24.3 Å². The number of hydrogen-bond donors (Lipinski definition) is 0. The molecule has 0 N–H and O–H groups in total. The average Bonchev–Trinajstić information content (AvgIpc) is 2.92. The van der Waals surface area contributed by atoms with Gasteiger partial charge in [-0.05, 0) is 17.7 Å². The van der Waals surface area contributed by atoms with E-state index in [1.165, 1.54) is 6.33 Å². The van der Waals surface area contributed by atoms with Gasteiger partial charge >= 0.3 is 0 Å². The van der Waals surface area contributed by atoms with E-state index in [0.29, 0.717) is 19.5 Å². The van der Waals surface area contributed by atoms with Crippen molar-refractivity contribution in [3.63, 3.8) is 0 Å². The van der Waals surface area contributed by atoms with Gasteiger partial charge < -0.3 is 9.64 Å². The quantitative estimate of drug-likeness (QED) is 0.848. The third-order valence-electron chi connectivity index (χ3n) is 3.45. The summed E-state index contributed by atoms with van der Waals surface area (Å²) in [5.74, 6) is 0.901. The number of nitrogens with zero attached hydrogens (tertiary/aromatic N) is 3. The van der Waals surface area contributed by atoms with Crippen molar-refractivity contribution in [2.75, 3.05) is 7.11 Å². The molecule has 0 bridgehead atoms. The van der Waals surface area contributed by atoms with Gasteiger partial charge in [0.1, 0.15) is 12.1 Å². The fraction of sp³-hybridized carbons (Fsp3) is 0.267. The van der Waals surface area contributed by atoms with Crippen LogP contribution in [0.25, 0.3) is 0 Å². The molecule has 5 nitrogen and oxygen atoms in total. The molecule has 0 fully saturated rings. The van der Waals surface area contributed by atoms with Crippen molar-refractivity contribution in [2.45, 2.75) is 19.5 Å². The number of hydrogen-bond acceptors (Lipinski definition) is 4. The monoisotopic (exact) mass is 269 g/mol. The number of aromatic nitrogens is 2. The Hall–Kier alpha value is -2.43. The number of benzene rings is 1. The van der Waals surface area contributed by atoms with Gasteiger partial charge in [0.2, 0.25) is 5.91 Å². The van der Waals surface area contributed by atoms with Gasteiger partial charge in [-0.1, -0.05) is 12.1 Å². The van der Waals surface area contributed by atoms with E-state index in [2.05, 4.69) is 9.97 Å². The van der Waals surface area contributed by atoms with E-state index in [-0.39, 0.29) is 5.91 Å². The summed E-state index contributed by atoms with van der Waals surface area (Å²) in [6.07, 6.45) is 3.70. The molecule has 1 aliphatic heterocycles. The van der Waals surface area contributed by atoms with Gasteiger partial charge in [0.05, 0.1) is 25.8 Å². The Morgan fingerprint density at radius 1 is 1.30 bits per heavy atom. The first-order valence-electron chi connectivity index (χ1n) is 6.45. The second-order valence-electron chi connectivity index (χ2n) is 4.77. The minimum absolute atomic E-state index is 0.105. The molecule has 1 aliphatic rings. The first kappa shape index (κ1) is 12.6. The van der Waals surface area contributed by atoms with E-state index < -0.39 is 0 Å². The molecule has 102 valence electrons. The molecule has 0 saturated heterocycles. The molecule has 0 spiro atoms. The summed E-state index contributed by atoms with van der Waals surface area (Å²) >= 11 is 0. The number of rotatable bonds is 3. The number of ether oxygens (including phenoxy) is 1. The van der Waals surface area contributed by atoms with Crippen LogP contribution >= 0.6 is 0 Å². The lowest BCUT2D eigenvalue weighted by Crippen LogP contribution is -2.26. The Balaban J connectivity index is 1.66. The number of fused-ring (bicyclic) bond motifs is 1. The molecular formula is C15H15N3O2. The minimum Gasteiger partial charge on any atom is -0.497 e. The molecule has 0 radical (unpaired) electrons. The molecule has 1 aromatic carbocycles. The molecule has 0 aliphatic carbocycles. The summed E-state index contributed by atoms with van der Waals surface area (Å²) < 4.78 is 5.11. The van der Waals surface area contributed by atoms with Crippen molar-refractivity contribution in [1.29, 1.82) is 0 Å². The molecule has 5 heteroatoms. The second-order valence-corrected chi connectivity index (χ2v) is 4.77. The van der Waals surface area contributed by atoms with Gasteiger partial charge in [-0.3, -0.25) is 4.79 Å². The highest BCUT2D eigenvalue weighted by atomic mass is 16.5. The maximum Gasteiger partial charge on any atom is 0.227 e. The van der Waals surface area contributed by atoms with Crippen LogP contribution in [0.5, 0.6) is 5.75 Å². The first-order valence-corrected chi connectivity index (χ1v) is 6.45. The van der Waals surface area contributed by atoms with E-state index in [9.17, 15) is 4.79 Å². The van der Waals surface area contributed by atoms with Crippen LogP contribution in [0.3, 0.4) is 0 Å². The lowest BCUT2D eigenvalue weighted by Gasteiger charge is -2.15. The molecule has 0 atom stereocenters. The van der Waals surface area contributed by atoms with E-state index >= 15 is 0 Å². The highest BCUT2D eigenvalue weighted by Gasteiger charge is 2.24. The molecule has 1 aromatic heterocycles. The van der Waals surface area contributed by atoms with Crippen molar-refractivity contribution in [3.05, 3.63) is 53.6 Å². The molecule has 2 heterocycles. The Morgan fingerprint density at radius 3 is 2.80 bits per heavy atom. The summed E-state index contributed by atoms with van der Waals surface area (Å²) in [4.78, 5) is 22.3. The second kappa shape index (κ2) is 5.28. The Morgan fingerprint density at radius 2 is 2.10 bits per heavy atom. The van der Waals surface area contributed by atoms with Crippen LogP contribution in [0, 0.1) is 0 Å². The topological polar surface area (TPSA) is 55.3 Å². The molecule has 0 unspecified atom stereocenters. The summed E-state index contributed by atoms with van der Waals surface area (Å²) in [5.41, 5.74) is 2.97. The normalized spacial score (nSPS) is 13.2. The zero-order valence-corrected chi connectivity index (χ0v) is 11.2. The molecule has 20 heavy (non-hydrogen) atoms. The van der Waals surface area contributed by atoms with Gasteiger partial charge in [-0.25, -0.2) is 9.97 Å². The van der Waals surface area contributed by atoms with Crippen molar-refractivity contribution in [3.8, 4) is 5.75 Å². The van der Waals surface area contributed by atoms with Crippen LogP contribution < -0.4 is 4.74 Å². The van der Waals surface area contributed by atoms with E-state index in [1.807, 2.05) is 29.2 Å². The standard InChI is InChI=1S/C15H15N3O2/c1-20-13-4-2-11(3-5-13)6-15(19)18-8-12-7-16-10-17-14(12)9-18/h2-5,7,10H,6,8-9H2,1H3. The fourth-order valence-corrected chi connectivity index (χ4v) is 2.31. The number of carbonyl (C=O) groups excluding carboxylic acids is 1. The fourth-order valence-electron chi connectivity index (χ4n) is 2.31. The van der Waals surface area contributed by atoms with Crippen LogP contribution in [0.1, 0.15) is 16.8 Å². The van der Waals surface area contributed by atoms with Gasteiger partial charge in [0.15, 0.2) is 0 Å². The smallest absolute Gasteiger partial charge is 0.227 e. The number of carbonyl (C=O) groups is 1. The lowest BCUT2D eigenvalue weighted by molar-refractivity contribution is -0.131. The van der Waals surface area contributed by atoms with Crippen molar-refractivity contribution in [1.82, 2.24) is 14.9 Å². The van der Waals surface area contributed by atoms with Gasteiger partial charge in [-0.2, -0.15) is 0 Å². The van der Waals surface area contributed by atoms with Crippen LogP contribution in [0.4, 0.5) is 0 Å². The predicted molar refractivity (Wildman–Crippen MR) is 73.0 cm³/mol. The maximum atomic E-state index is 12.3. The third kappa shape index (κ3) is 2.47. The van der Waals surface area contributed by atoms with E-state index in [0.717, 1.165) is 22.6 Å². The Labute approximate surface area is 117 Å². The predicted octanol–water partition coefficient (Wildman–Crippen LogP) is 1.57. The van der Waals surface area contributed by atoms with Crippen molar-refractivity contribution in [2.24, 2.45) is 0 Å². The Kier molecular flexibility index (Phi) is 3.33. The minimum atomic E-state index is 0.105. The highest BCUT2D eigenvalue weighted by Crippen LogP contribution is 2.20. The molecule has 2 aromatic rings.